The molecule has 1 aromatic heterocycles. The van der Waals surface area contributed by atoms with Crippen LogP contribution in [0.15, 0.2) is 48.8 Å². The molecule has 30 heavy (non-hydrogen) atoms. The van der Waals surface area contributed by atoms with Gasteiger partial charge in [-0.2, -0.15) is 5.26 Å². The molecular weight excluding hydrogens is 402 g/mol. The first-order valence-corrected chi connectivity index (χ1v) is 10.0. The van der Waals surface area contributed by atoms with E-state index >= 15 is 0 Å². The Morgan fingerprint density at radius 3 is 3.03 bits per heavy atom. The number of rotatable bonds is 4. The molecule has 2 aliphatic rings. The second-order valence-electron chi connectivity index (χ2n) is 7.16. The highest BCUT2D eigenvalue weighted by atomic mass is 35.5. The summed E-state index contributed by atoms with van der Waals surface area (Å²) in [5.74, 6) is 1.83. The number of benzene rings is 2. The number of morpholine rings is 1. The molecule has 1 saturated heterocycles. The van der Waals surface area contributed by atoms with E-state index in [1.54, 1.807) is 42.7 Å². The van der Waals surface area contributed by atoms with E-state index in [1.165, 1.54) is 0 Å². The first kappa shape index (κ1) is 18.7. The summed E-state index contributed by atoms with van der Waals surface area (Å²) in [7, 11) is 0. The Balaban J connectivity index is 1.38. The predicted octanol–water partition coefficient (Wildman–Crippen LogP) is 4.30. The number of nitrogens with zero attached hydrogens (tertiary/aromatic N) is 4. The van der Waals surface area contributed by atoms with Gasteiger partial charge in [-0.25, -0.2) is 9.97 Å². The minimum Gasteiger partial charge on any atom is -0.456 e. The van der Waals surface area contributed by atoms with Crippen LogP contribution in [-0.4, -0.2) is 35.8 Å². The SMILES string of the molecule is N#Cc1cccc(Oc2ccc(Nc3ncnc4c3N3CCOCC3C4)cc2Cl)c1. The summed E-state index contributed by atoms with van der Waals surface area (Å²) >= 11 is 6.46. The van der Waals surface area contributed by atoms with Crippen LogP contribution < -0.4 is 15.0 Å². The Morgan fingerprint density at radius 1 is 1.23 bits per heavy atom. The van der Waals surface area contributed by atoms with Crippen molar-refractivity contribution in [3.05, 3.63) is 65.1 Å². The molecule has 5 rings (SSSR count). The molecule has 0 amide bonds. The maximum absolute atomic E-state index is 9.04. The van der Waals surface area contributed by atoms with E-state index in [1.807, 2.05) is 6.07 Å². The molecule has 3 aromatic rings. The maximum atomic E-state index is 9.04. The number of hydrogen-bond acceptors (Lipinski definition) is 7. The van der Waals surface area contributed by atoms with Crippen molar-refractivity contribution in [1.82, 2.24) is 9.97 Å². The highest BCUT2D eigenvalue weighted by Crippen LogP contribution is 2.39. The fourth-order valence-corrected chi connectivity index (χ4v) is 4.07. The zero-order valence-electron chi connectivity index (χ0n) is 16.0. The Bertz CT molecular complexity index is 1150. The average molecular weight is 420 g/mol. The largest absolute Gasteiger partial charge is 0.456 e. The van der Waals surface area contributed by atoms with E-state index in [2.05, 4.69) is 26.3 Å². The van der Waals surface area contributed by atoms with Crippen LogP contribution in [-0.2, 0) is 11.2 Å². The van der Waals surface area contributed by atoms with Gasteiger partial charge >= 0.3 is 0 Å². The molecule has 7 nitrogen and oxygen atoms in total. The molecule has 1 N–H and O–H groups in total. The molecule has 2 aromatic carbocycles. The minimum absolute atomic E-state index is 0.314. The van der Waals surface area contributed by atoms with Crippen LogP contribution in [0, 0.1) is 11.3 Å². The predicted molar refractivity (Wildman–Crippen MR) is 114 cm³/mol. The van der Waals surface area contributed by atoms with Crippen molar-refractivity contribution < 1.29 is 9.47 Å². The summed E-state index contributed by atoms with van der Waals surface area (Å²) in [5.41, 5.74) is 3.40. The van der Waals surface area contributed by atoms with Gasteiger partial charge in [-0.1, -0.05) is 17.7 Å². The van der Waals surface area contributed by atoms with Crippen LogP contribution >= 0.6 is 11.6 Å². The third-order valence-electron chi connectivity index (χ3n) is 5.23. The van der Waals surface area contributed by atoms with Gasteiger partial charge in [0, 0.05) is 18.7 Å². The first-order valence-electron chi connectivity index (χ1n) is 9.64. The van der Waals surface area contributed by atoms with Crippen molar-refractivity contribution >= 4 is 28.8 Å². The molecule has 0 spiro atoms. The second-order valence-corrected chi connectivity index (χ2v) is 7.56. The van der Waals surface area contributed by atoms with Gasteiger partial charge in [0.05, 0.1) is 41.6 Å². The van der Waals surface area contributed by atoms with Gasteiger partial charge in [0.15, 0.2) is 5.82 Å². The molecular formula is C22H18ClN5O2. The van der Waals surface area contributed by atoms with Crippen LogP contribution in [0.1, 0.15) is 11.3 Å². The van der Waals surface area contributed by atoms with Crippen LogP contribution in [0.4, 0.5) is 17.2 Å². The smallest absolute Gasteiger partial charge is 0.157 e. The fourth-order valence-electron chi connectivity index (χ4n) is 3.85. The van der Waals surface area contributed by atoms with Crippen LogP contribution in [0.5, 0.6) is 11.5 Å². The van der Waals surface area contributed by atoms with Crippen LogP contribution in [0.25, 0.3) is 0 Å². The van der Waals surface area contributed by atoms with Crippen LogP contribution in [0.3, 0.4) is 0 Å². The number of fused-ring (bicyclic) bond motifs is 3. The molecule has 0 aliphatic carbocycles. The Kier molecular flexibility index (Phi) is 4.87. The highest BCUT2D eigenvalue weighted by Gasteiger charge is 2.35. The van der Waals surface area contributed by atoms with Gasteiger partial charge in [-0.05, 0) is 36.4 Å². The minimum atomic E-state index is 0.314. The summed E-state index contributed by atoms with van der Waals surface area (Å²) < 4.78 is 11.4. The lowest BCUT2D eigenvalue weighted by Crippen LogP contribution is -2.43. The number of aromatic nitrogens is 2. The number of anilines is 3. The molecule has 1 unspecified atom stereocenters. The van der Waals surface area contributed by atoms with Gasteiger partial charge in [-0.15, -0.1) is 0 Å². The molecule has 1 atom stereocenters. The molecule has 150 valence electrons. The monoisotopic (exact) mass is 419 g/mol. The summed E-state index contributed by atoms with van der Waals surface area (Å²) in [6.45, 7) is 2.24. The molecule has 2 aliphatic heterocycles. The Hall–Kier alpha value is -3.34. The zero-order chi connectivity index (χ0) is 20.5. The molecule has 3 heterocycles. The van der Waals surface area contributed by atoms with Crippen molar-refractivity contribution in [2.45, 2.75) is 12.5 Å². The summed E-state index contributed by atoms with van der Waals surface area (Å²) in [6.07, 6.45) is 2.45. The van der Waals surface area contributed by atoms with E-state index in [4.69, 9.17) is 26.3 Å². The van der Waals surface area contributed by atoms with Gasteiger partial charge in [0.25, 0.3) is 0 Å². The first-order chi connectivity index (χ1) is 14.7. The van der Waals surface area contributed by atoms with Crippen LogP contribution in [0.2, 0.25) is 5.02 Å². The molecule has 0 saturated carbocycles. The van der Waals surface area contributed by atoms with E-state index < -0.39 is 0 Å². The number of nitrogens with one attached hydrogen (secondary N) is 1. The molecule has 1 fully saturated rings. The topological polar surface area (TPSA) is 83.3 Å². The lowest BCUT2D eigenvalue weighted by Gasteiger charge is -2.32. The van der Waals surface area contributed by atoms with E-state index in [-0.39, 0.29) is 0 Å². The van der Waals surface area contributed by atoms with E-state index in [0.717, 1.165) is 35.9 Å². The lowest BCUT2D eigenvalue weighted by atomic mass is 10.2. The van der Waals surface area contributed by atoms with Crippen molar-refractivity contribution in [2.75, 3.05) is 30.0 Å². The summed E-state index contributed by atoms with van der Waals surface area (Å²) in [6, 6.07) is 14.8. The summed E-state index contributed by atoms with van der Waals surface area (Å²) in [4.78, 5) is 11.2. The standard InChI is InChI=1S/C22H18ClN5O2/c23-18-9-15(4-5-20(18)30-17-3-1-2-14(8-17)11-24)27-22-21-19(25-13-26-22)10-16-12-29-7-6-28(16)21/h1-5,8-9,13,16H,6-7,10,12H2,(H,25,26,27). The average Bonchev–Trinajstić information content (AvgIpc) is 3.15. The third-order valence-corrected chi connectivity index (χ3v) is 5.52. The maximum Gasteiger partial charge on any atom is 0.157 e. The zero-order valence-corrected chi connectivity index (χ0v) is 16.8. The Labute approximate surface area is 178 Å². The van der Waals surface area contributed by atoms with Crippen molar-refractivity contribution in [1.29, 1.82) is 5.26 Å². The molecule has 8 heteroatoms. The van der Waals surface area contributed by atoms with E-state index in [0.29, 0.717) is 41.3 Å². The van der Waals surface area contributed by atoms with Gasteiger partial charge < -0.3 is 19.7 Å². The third kappa shape index (κ3) is 3.52. The van der Waals surface area contributed by atoms with Crippen molar-refractivity contribution in [2.24, 2.45) is 0 Å². The van der Waals surface area contributed by atoms with Gasteiger partial charge in [0.1, 0.15) is 23.5 Å². The second kappa shape index (κ2) is 7.82. The van der Waals surface area contributed by atoms with Gasteiger partial charge in [-0.3, -0.25) is 0 Å². The molecule has 0 bridgehead atoms. The quantitative estimate of drug-likeness (QED) is 0.674. The number of halogens is 1. The fraction of sp³-hybridized carbons (Fsp3) is 0.227. The Morgan fingerprint density at radius 2 is 2.17 bits per heavy atom. The number of hydrogen-bond donors (Lipinski definition) is 1. The van der Waals surface area contributed by atoms with Crippen molar-refractivity contribution in [3.63, 3.8) is 0 Å². The highest BCUT2D eigenvalue weighted by molar-refractivity contribution is 6.32. The molecule has 0 radical (unpaired) electrons. The number of ether oxygens (including phenoxy) is 2. The van der Waals surface area contributed by atoms with E-state index in [9.17, 15) is 0 Å². The number of nitriles is 1. The summed E-state index contributed by atoms with van der Waals surface area (Å²) in [5, 5.41) is 12.9. The van der Waals surface area contributed by atoms with Gasteiger partial charge in [0.2, 0.25) is 0 Å². The normalized spacial score (nSPS) is 17.1. The van der Waals surface area contributed by atoms with Crippen molar-refractivity contribution in [3.8, 4) is 17.6 Å². The lowest BCUT2D eigenvalue weighted by molar-refractivity contribution is 0.0976.